The van der Waals surface area contributed by atoms with Gasteiger partial charge >= 0.3 is 6.03 Å². The summed E-state index contributed by atoms with van der Waals surface area (Å²) in [6, 6.07) is 13.4. The Morgan fingerprint density at radius 3 is 2.35 bits per heavy atom. The van der Waals surface area contributed by atoms with Crippen LogP contribution in [0.4, 0.5) is 10.5 Å². The Balaban J connectivity index is 1.77. The van der Waals surface area contributed by atoms with E-state index < -0.39 is 0 Å². The van der Waals surface area contributed by atoms with E-state index in [2.05, 4.69) is 31.4 Å². The van der Waals surface area contributed by atoms with Gasteiger partial charge < -0.3 is 20.1 Å². The van der Waals surface area contributed by atoms with Gasteiger partial charge in [0.05, 0.1) is 13.7 Å². The highest BCUT2D eigenvalue weighted by molar-refractivity contribution is 5.89. The number of ether oxygens (including phenoxy) is 2. The molecule has 26 heavy (non-hydrogen) atoms. The van der Waals surface area contributed by atoms with Crippen molar-refractivity contribution in [1.29, 1.82) is 0 Å². The quantitative estimate of drug-likeness (QED) is 0.749. The van der Waals surface area contributed by atoms with Crippen molar-refractivity contribution in [2.24, 2.45) is 0 Å². The first-order valence-corrected chi connectivity index (χ1v) is 8.72. The topological polar surface area (TPSA) is 59.6 Å². The third-order valence-electron chi connectivity index (χ3n) is 3.97. The van der Waals surface area contributed by atoms with Crippen molar-refractivity contribution >= 4 is 11.7 Å². The molecule has 2 aromatic carbocycles. The molecule has 140 valence electrons. The number of methoxy groups -OCH3 is 1. The highest BCUT2D eigenvalue weighted by Crippen LogP contribution is 2.27. The van der Waals surface area contributed by atoms with Gasteiger partial charge in [0.15, 0.2) is 11.5 Å². The summed E-state index contributed by atoms with van der Waals surface area (Å²) in [6.45, 7) is 9.21. The van der Waals surface area contributed by atoms with Gasteiger partial charge in [-0.15, -0.1) is 0 Å². The van der Waals surface area contributed by atoms with Crippen molar-refractivity contribution in [3.8, 4) is 11.5 Å². The van der Waals surface area contributed by atoms with E-state index in [-0.39, 0.29) is 11.4 Å². The average Bonchev–Trinajstić information content (AvgIpc) is 2.59. The van der Waals surface area contributed by atoms with Crippen LogP contribution in [0.25, 0.3) is 0 Å². The Hall–Kier alpha value is -2.69. The number of nitrogens with one attached hydrogen (secondary N) is 2. The van der Waals surface area contributed by atoms with E-state index in [1.54, 1.807) is 7.11 Å². The lowest BCUT2D eigenvalue weighted by Gasteiger charge is -2.19. The summed E-state index contributed by atoms with van der Waals surface area (Å²) in [7, 11) is 1.61. The van der Waals surface area contributed by atoms with Gasteiger partial charge in [-0.05, 0) is 47.7 Å². The molecule has 0 radical (unpaired) electrons. The van der Waals surface area contributed by atoms with Gasteiger partial charge in [0.25, 0.3) is 0 Å². The predicted octanol–water partition coefficient (Wildman–Crippen LogP) is 4.50. The second-order valence-electron chi connectivity index (χ2n) is 7.21. The standard InChI is InChI=1S/C21H28N2O3/c1-15-6-11-18(19(14-15)25-5)26-13-12-22-20(24)23-17-9-7-16(8-10-17)21(2,3)4/h6-11,14H,12-13H2,1-5H3,(H2,22,23,24). The van der Waals surface area contributed by atoms with Gasteiger partial charge in [-0.3, -0.25) is 0 Å². The molecule has 0 saturated carbocycles. The minimum Gasteiger partial charge on any atom is -0.493 e. The Labute approximate surface area is 155 Å². The zero-order valence-electron chi connectivity index (χ0n) is 16.2. The van der Waals surface area contributed by atoms with Crippen molar-refractivity contribution in [2.45, 2.75) is 33.1 Å². The first kappa shape index (κ1) is 19.6. The molecule has 0 spiro atoms. The van der Waals surface area contributed by atoms with E-state index in [1.165, 1.54) is 5.56 Å². The largest absolute Gasteiger partial charge is 0.493 e. The maximum atomic E-state index is 12.0. The van der Waals surface area contributed by atoms with Crippen LogP contribution in [0.3, 0.4) is 0 Å². The monoisotopic (exact) mass is 356 g/mol. The van der Waals surface area contributed by atoms with Crippen molar-refractivity contribution in [2.75, 3.05) is 25.6 Å². The molecule has 0 aliphatic heterocycles. The molecule has 5 nitrogen and oxygen atoms in total. The van der Waals surface area contributed by atoms with Gasteiger partial charge in [0.2, 0.25) is 0 Å². The summed E-state index contributed by atoms with van der Waals surface area (Å²) in [5, 5.41) is 5.60. The second-order valence-corrected chi connectivity index (χ2v) is 7.21. The summed E-state index contributed by atoms with van der Waals surface area (Å²) in [4.78, 5) is 12.0. The number of carbonyl (C=O) groups is 1. The first-order valence-electron chi connectivity index (χ1n) is 8.72. The van der Waals surface area contributed by atoms with E-state index in [0.717, 1.165) is 11.3 Å². The third-order valence-corrected chi connectivity index (χ3v) is 3.97. The molecule has 0 aliphatic rings. The van der Waals surface area contributed by atoms with Crippen molar-refractivity contribution < 1.29 is 14.3 Å². The fraction of sp³-hybridized carbons (Fsp3) is 0.381. The van der Waals surface area contributed by atoms with Crippen LogP contribution in [0.1, 0.15) is 31.9 Å². The molecule has 0 heterocycles. The molecule has 2 aromatic rings. The Bertz CT molecular complexity index is 734. The number of amides is 2. The van der Waals surface area contributed by atoms with Crippen LogP contribution >= 0.6 is 0 Å². The van der Waals surface area contributed by atoms with E-state index in [4.69, 9.17) is 9.47 Å². The fourth-order valence-corrected chi connectivity index (χ4v) is 2.45. The molecular formula is C21H28N2O3. The van der Waals surface area contributed by atoms with E-state index in [0.29, 0.717) is 24.7 Å². The summed E-state index contributed by atoms with van der Waals surface area (Å²) < 4.78 is 11.0. The number of benzene rings is 2. The van der Waals surface area contributed by atoms with Gasteiger partial charge in [-0.2, -0.15) is 0 Å². The molecule has 0 aliphatic carbocycles. The SMILES string of the molecule is COc1cc(C)ccc1OCCNC(=O)Nc1ccc(C(C)(C)C)cc1. The van der Waals surface area contributed by atoms with Crippen LogP contribution in [0.5, 0.6) is 11.5 Å². The maximum Gasteiger partial charge on any atom is 0.319 e. The molecule has 2 rings (SSSR count). The van der Waals surface area contributed by atoms with Gasteiger partial charge in [-0.1, -0.05) is 39.0 Å². The molecular weight excluding hydrogens is 328 g/mol. The van der Waals surface area contributed by atoms with E-state index >= 15 is 0 Å². The minimum atomic E-state index is -0.257. The molecule has 2 N–H and O–H groups in total. The normalized spacial score (nSPS) is 11.0. The molecule has 0 atom stereocenters. The number of hydrogen-bond acceptors (Lipinski definition) is 3. The van der Waals surface area contributed by atoms with E-state index in [9.17, 15) is 4.79 Å². The van der Waals surface area contributed by atoms with Crippen LogP contribution in [0.15, 0.2) is 42.5 Å². The number of urea groups is 1. The Morgan fingerprint density at radius 1 is 1.04 bits per heavy atom. The van der Waals surface area contributed by atoms with Crippen molar-refractivity contribution in [3.05, 3.63) is 53.6 Å². The minimum absolute atomic E-state index is 0.0924. The Kier molecular flexibility index (Phi) is 6.50. The van der Waals surface area contributed by atoms with Crippen LogP contribution in [0, 0.1) is 6.92 Å². The van der Waals surface area contributed by atoms with Gasteiger partial charge in [0.1, 0.15) is 6.61 Å². The summed E-state index contributed by atoms with van der Waals surface area (Å²) in [5.41, 5.74) is 3.18. The average molecular weight is 356 g/mol. The highest BCUT2D eigenvalue weighted by atomic mass is 16.5. The second kappa shape index (κ2) is 8.61. The molecule has 0 fully saturated rings. The van der Waals surface area contributed by atoms with E-state index in [1.807, 2.05) is 49.4 Å². The zero-order chi connectivity index (χ0) is 19.2. The number of carbonyl (C=O) groups excluding carboxylic acids is 1. The smallest absolute Gasteiger partial charge is 0.319 e. The molecule has 0 saturated heterocycles. The molecule has 0 unspecified atom stereocenters. The fourth-order valence-electron chi connectivity index (χ4n) is 2.45. The highest BCUT2D eigenvalue weighted by Gasteiger charge is 2.13. The van der Waals surface area contributed by atoms with Crippen molar-refractivity contribution in [3.63, 3.8) is 0 Å². The molecule has 0 bridgehead atoms. The van der Waals surface area contributed by atoms with Gasteiger partial charge in [-0.25, -0.2) is 4.79 Å². The maximum absolute atomic E-state index is 12.0. The third kappa shape index (κ3) is 5.69. The molecule has 5 heteroatoms. The number of anilines is 1. The number of hydrogen-bond donors (Lipinski definition) is 2. The van der Waals surface area contributed by atoms with Crippen LogP contribution < -0.4 is 20.1 Å². The van der Waals surface area contributed by atoms with Crippen LogP contribution in [-0.4, -0.2) is 26.3 Å². The summed E-state index contributed by atoms with van der Waals surface area (Å²) in [6.07, 6.45) is 0. The number of aryl methyl sites for hydroxylation is 1. The van der Waals surface area contributed by atoms with Crippen molar-refractivity contribution in [1.82, 2.24) is 5.32 Å². The number of rotatable bonds is 6. The molecule has 0 aromatic heterocycles. The lowest BCUT2D eigenvalue weighted by molar-refractivity contribution is 0.246. The Morgan fingerprint density at radius 2 is 1.73 bits per heavy atom. The van der Waals surface area contributed by atoms with Crippen LogP contribution in [0.2, 0.25) is 0 Å². The predicted molar refractivity (Wildman–Crippen MR) is 105 cm³/mol. The van der Waals surface area contributed by atoms with Gasteiger partial charge in [0, 0.05) is 5.69 Å². The zero-order valence-corrected chi connectivity index (χ0v) is 16.2. The lowest BCUT2D eigenvalue weighted by Crippen LogP contribution is -2.32. The van der Waals surface area contributed by atoms with Crippen LogP contribution in [-0.2, 0) is 5.41 Å². The summed E-state index contributed by atoms with van der Waals surface area (Å²) >= 11 is 0. The summed E-state index contributed by atoms with van der Waals surface area (Å²) in [5.74, 6) is 1.35. The first-order chi connectivity index (χ1) is 12.3. The molecule has 2 amide bonds. The lowest BCUT2D eigenvalue weighted by atomic mass is 9.87.